The van der Waals surface area contributed by atoms with E-state index in [1.165, 1.54) is 12.1 Å². The highest BCUT2D eigenvalue weighted by molar-refractivity contribution is 6.33. The number of nitrogens with zero attached hydrogens (tertiary/aromatic N) is 2. The number of nitro benzene ring substituents is 1. The molecule has 2 rings (SSSR count). The molecule has 0 spiro atoms. The van der Waals surface area contributed by atoms with Crippen molar-refractivity contribution in [3.63, 3.8) is 0 Å². The van der Waals surface area contributed by atoms with Crippen molar-refractivity contribution in [2.45, 2.75) is 32.2 Å². The topological polar surface area (TPSA) is 89.8 Å². The Morgan fingerprint density at radius 3 is 2.83 bits per heavy atom. The third-order valence-corrected chi connectivity index (χ3v) is 4.16. The fraction of sp³-hybridized carbons (Fsp3) is 0.467. The number of carbonyl (C=O) groups excluding carboxylic acids is 2. The number of hydrogen-bond donors (Lipinski definition) is 0. The minimum Gasteiger partial charge on any atom is -0.452 e. The normalized spacial score (nSPS) is 17.7. The van der Waals surface area contributed by atoms with Crippen molar-refractivity contribution < 1.29 is 19.2 Å². The molecular weight excluding hydrogens is 324 g/mol. The SMILES string of the molecule is C[C@@H]1CCCCN1C(=O)COC(=O)c1cc([N+](=O)[O-])ccc1Cl. The molecular formula is C15H17ClN2O5. The van der Waals surface area contributed by atoms with Gasteiger partial charge in [-0.2, -0.15) is 0 Å². The molecule has 0 bridgehead atoms. The van der Waals surface area contributed by atoms with Crippen LogP contribution in [-0.2, 0) is 9.53 Å². The first-order valence-corrected chi connectivity index (χ1v) is 7.68. The minimum absolute atomic E-state index is 0.0411. The Kier molecular flexibility index (Phi) is 5.54. The Morgan fingerprint density at radius 1 is 1.43 bits per heavy atom. The van der Waals surface area contributed by atoms with Gasteiger partial charge < -0.3 is 9.64 Å². The monoisotopic (exact) mass is 340 g/mol. The molecule has 7 nitrogen and oxygen atoms in total. The van der Waals surface area contributed by atoms with Crippen LogP contribution in [0.1, 0.15) is 36.5 Å². The van der Waals surface area contributed by atoms with Gasteiger partial charge in [0.15, 0.2) is 6.61 Å². The van der Waals surface area contributed by atoms with Crippen molar-refractivity contribution in [2.75, 3.05) is 13.2 Å². The van der Waals surface area contributed by atoms with Crippen molar-refractivity contribution in [3.05, 3.63) is 38.9 Å². The van der Waals surface area contributed by atoms with Gasteiger partial charge in [0.05, 0.1) is 15.5 Å². The highest BCUT2D eigenvalue weighted by atomic mass is 35.5. The van der Waals surface area contributed by atoms with E-state index >= 15 is 0 Å². The van der Waals surface area contributed by atoms with Crippen molar-refractivity contribution in [2.24, 2.45) is 0 Å². The molecule has 0 saturated carbocycles. The van der Waals surface area contributed by atoms with E-state index < -0.39 is 17.5 Å². The Bertz CT molecular complexity index is 634. The largest absolute Gasteiger partial charge is 0.452 e. The number of non-ortho nitro benzene ring substituents is 1. The minimum atomic E-state index is -0.850. The second-order valence-corrected chi connectivity index (χ2v) is 5.84. The fourth-order valence-electron chi connectivity index (χ4n) is 2.54. The lowest BCUT2D eigenvalue weighted by Crippen LogP contribution is -2.44. The fourth-order valence-corrected chi connectivity index (χ4v) is 2.73. The standard InChI is InChI=1S/C15H17ClN2O5/c1-10-4-2-3-7-17(10)14(19)9-23-15(20)12-8-11(18(21)22)5-6-13(12)16/h5-6,8,10H,2-4,7,9H2,1H3/t10-/m1/s1. The van der Waals surface area contributed by atoms with Crippen molar-refractivity contribution in [1.82, 2.24) is 4.90 Å². The summed E-state index contributed by atoms with van der Waals surface area (Å²) in [5.74, 6) is -1.12. The summed E-state index contributed by atoms with van der Waals surface area (Å²) >= 11 is 5.86. The summed E-state index contributed by atoms with van der Waals surface area (Å²) in [6.45, 7) is 2.20. The molecule has 1 amide bonds. The molecule has 23 heavy (non-hydrogen) atoms. The second-order valence-electron chi connectivity index (χ2n) is 5.43. The highest BCUT2D eigenvalue weighted by Crippen LogP contribution is 2.23. The lowest BCUT2D eigenvalue weighted by molar-refractivity contribution is -0.384. The molecule has 1 fully saturated rings. The van der Waals surface area contributed by atoms with Crippen LogP contribution < -0.4 is 0 Å². The molecule has 0 aliphatic carbocycles. The van der Waals surface area contributed by atoms with Crippen LogP contribution in [0.2, 0.25) is 5.02 Å². The molecule has 1 aliphatic rings. The predicted molar refractivity (Wildman–Crippen MR) is 83.4 cm³/mol. The van der Waals surface area contributed by atoms with Gasteiger partial charge >= 0.3 is 5.97 Å². The number of piperidine rings is 1. The molecule has 0 unspecified atom stereocenters. The molecule has 8 heteroatoms. The Labute approximate surface area is 138 Å². The van der Waals surface area contributed by atoms with Crippen LogP contribution in [-0.4, -0.2) is 40.9 Å². The summed E-state index contributed by atoms with van der Waals surface area (Å²) < 4.78 is 4.97. The maximum absolute atomic E-state index is 12.1. The third-order valence-electron chi connectivity index (χ3n) is 3.83. The van der Waals surface area contributed by atoms with E-state index in [1.807, 2.05) is 6.92 Å². The molecule has 124 valence electrons. The summed E-state index contributed by atoms with van der Waals surface area (Å²) in [7, 11) is 0. The molecule has 0 aromatic heterocycles. The average Bonchev–Trinajstić information content (AvgIpc) is 2.53. The zero-order valence-electron chi connectivity index (χ0n) is 12.7. The lowest BCUT2D eigenvalue weighted by atomic mass is 10.0. The van der Waals surface area contributed by atoms with Gasteiger partial charge in [-0.05, 0) is 32.3 Å². The van der Waals surface area contributed by atoms with Gasteiger partial charge in [0.25, 0.3) is 11.6 Å². The number of hydrogen-bond acceptors (Lipinski definition) is 5. The van der Waals surface area contributed by atoms with Gasteiger partial charge in [-0.3, -0.25) is 14.9 Å². The summed E-state index contributed by atoms with van der Waals surface area (Å²) in [6, 6.07) is 3.61. The van der Waals surface area contributed by atoms with Crippen LogP contribution in [0.4, 0.5) is 5.69 Å². The maximum atomic E-state index is 12.1. The Hall–Kier alpha value is -2.15. The number of ether oxygens (including phenoxy) is 1. The molecule has 1 saturated heterocycles. The van der Waals surface area contributed by atoms with Gasteiger partial charge in [-0.15, -0.1) is 0 Å². The number of amides is 1. The molecule has 1 aliphatic heterocycles. The first-order chi connectivity index (χ1) is 10.9. The van der Waals surface area contributed by atoms with E-state index in [0.717, 1.165) is 25.3 Å². The molecule has 0 N–H and O–H groups in total. The van der Waals surface area contributed by atoms with Gasteiger partial charge in [-0.25, -0.2) is 4.79 Å². The maximum Gasteiger partial charge on any atom is 0.340 e. The van der Waals surface area contributed by atoms with Crippen molar-refractivity contribution in [1.29, 1.82) is 0 Å². The predicted octanol–water partition coefficient (Wildman–Crippen LogP) is 2.81. The van der Waals surface area contributed by atoms with Gasteiger partial charge in [0.1, 0.15) is 0 Å². The number of halogens is 1. The van der Waals surface area contributed by atoms with Gasteiger partial charge in [0.2, 0.25) is 0 Å². The quantitative estimate of drug-likeness (QED) is 0.477. The summed E-state index contributed by atoms with van der Waals surface area (Å²) in [5, 5.41) is 10.8. The zero-order valence-corrected chi connectivity index (χ0v) is 13.4. The summed E-state index contributed by atoms with van der Waals surface area (Å²) in [5.41, 5.74) is -0.391. The van der Waals surface area contributed by atoms with E-state index in [2.05, 4.69) is 0 Å². The smallest absolute Gasteiger partial charge is 0.340 e. The number of rotatable bonds is 4. The van der Waals surface area contributed by atoms with E-state index in [0.29, 0.717) is 6.54 Å². The van der Waals surface area contributed by atoms with Crippen LogP contribution in [0.3, 0.4) is 0 Å². The van der Waals surface area contributed by atoms with E-state index in [4.69, 9.17) is 16.3 Å². The summed E-state index contributed by atoms with van der Waals surface area (Å²) in [4.78, 5) is 35.9. The zero-order chi connectivity index (χ0) is 17.0. The lowest BCUT2D eigenvalue weighted by Gasteiger charge is -2.33. The van der Waals surface area contributed by atoms with E-state index in [9.17, 15) is 19.7 Å². The van der Waals surface area contributed by atoms with Crippen LogP contribution in [0.5, 0.6) is 0 Å². The Morgan fingerprint density at radius 2 is 2.17 bits per heavy atom. The Balaban J connectivity index is 2.00. The number of carbonyl (C=O) groups is 2. The van der Waals surface area contributed by atoms with Crippen molar-refractivity contribution in [3.8, 4) is 0 Å². The molecule has 1 aromatic carbocycles. The van der Waals surface area contributed by atoms with E-state index in [1.54, 1.807) is 4.90 Å². The first-order valence-electron chi connectivity index (χ1n) is 7.30. The number of likely N-dealkylation sites (tertiary alicyclic amines) is 1. The van der Waals surface area contributed by atoms with Gasteiger partial charge in [-0.1, -0.05) is 11.6 Å². The molecule has 1 aromatic rings. The molecule has 0 radical (unpaired) electrons. The first kappa shape index (κ1) is 17.2. The number of nitro groups is 1. The molecule has 1 heterocycles. The van der Waals surface area contributed by atoms with E-state index in [-0.39, 0.29) is 28.2 Å². The number of benzene rings is 1. The molecule has 1 atom stereocenters. The van der Waals surface area contributed by atoms with Crippen LogP contribution in [0, 0.1) is 10.1 Å². The summed E-state index contributed by atoms with van der Waals surface area (Å²) in [6.07, 6.45) is 2.94. The van der Waals surface area contributed by atoms with Gasteiger partial charge in [0, 0.05) is 24.7 Å². The third kappa shape index (κ3) is 4.19. The average molecular weight is 341 g/mol. The van der Waals surface area contributed by atoms with Crippen LogP contribution in [0.25, 0.3) is 0 Å². The van der Waals surface area contributed by atoms with Crippen LogP contribution >= 0.6 is 11.6 Å². The van der Waals surface area contributed by atoms with Crippen molar-refractivity contribution >= 4 is 29.2 Å². The number of esters is 1. The highest BCUT2D eigenvalue weighted by Gasteiger charge is 2.25. The van der Waals surface area contributed by atoms with Crippen LogP contribution in [0.15, 0.2) is 18.2 Å². The second kappa shape index (κ2) is 7.41.